The first kappa shape index (κ1) is 27.0. The third kappa shape index (κ3) is 6.99. The summed E-state index contributed by atoms with van der Waals surface area (Å²) in [5.41, 5.74) is 0. The molecule has 0 bridgehead atoms. The fourth-order valence-electron chi connectivity index (χ4n) is 2.91. The molecule has 0 aromatic carbocycles. The number of alkyl halides is 14. The lowest BCUT2D eigenvalue weighted by Gasteiger charge is -2.41. The van der Waals surface area contributed by atoms with Crippen molar-refractivity contribution in [1.82, 2.24) is 4.90 Å². The van der Waals surface area contributed by atoms with Crippen LogP contribution in [0.4, 0.5) is 61.5 Å². The standard InChI is InChI=1S/C14H15F14NO/c15-8(13(23,24)25)10(16,17)5-30-6-11(18,19)9(14(26,27)28)29-3-1-7(2-4-29)12(20,21)22/h7-9H,1-6H2. The minimum absolute atomic E-state index is 0.0303. The molecule has 2 nitrogen and oxygen atoms in total. The molecule has 1 aliphatic heterocycles. The van der Waals surface area contributed by atoms with Crippen molar-refractivity contribution in [2.45, 2.75) is 55.4 Å². The summed E-state index contributed by atoms with van der Waals surface area (Å²) in [6, 6.07) is -3.74. The maximum Gasteiger partial charge on any atom is 0.425 e. The van der Waals surface area contributed by atoms with Crippen molar-refractivity contribution in [1.29, 1.82) is 0 Å². The summed E-state index contributed by atoms with van der Waals surface area (Å²) in [7, 11) is 0. The summed E-state index contributed by atoms with van der Waals surface area (Å²) in [6.07, 6.45) is -23.2. The highest BCUT2D eigenvalue weighted by Crippen LogP contribution is 2.41. The Hall–Kier alpha value is -1.06. The van der Waals surface area contributed by atoms with Gasteiger partial charge in [-0.05, 0) is 25.9 Å². The maximum absolute atomic E-state index is 14.0. The predicted molar refractivity (Wildman–Crippen MR) is 71.9 cm³/mol. The van der Waals surface area contributed by atoms with E-state index in [1.54, 1.807) is 0 Å². The van der Waals surface area contributed by atoms with Crippen LogP contribution in [0.15, 0.2) is 0 Å². The van der Waals surface area contributed by atoms with Gasteiger partial charge in [0.1, 0.15) is 13.2 Å². The number of halogens is 14. The molecule has 0 aromatic rings. The van der Waals surface area contributed by atoms with Crippen LogP contribution in [0.5, 0.6) is 0 Å². The van der Waals surface area contributed by atoms with Gasteiger partial charge in [0.25, 0.3) is 12.1 Å². The van der Waals surface area contributed by atoms with Gasteiger partial charge in [0.2, 0.25) is 0 Å². The Labute approximate surface area is 160 Å². The monoisotopic (exact) mass is 479 g/mol. The summed E-state index contributed by atoms with van der Waals surface area (Å²) in [4.78, 5) is -0.0303. The lowest BCUT2D eigenvalue weighted by molar-refractivity contribution is -0.277. The van der Waals surface area contributed by atoms with Gasteiger partial charge in [-0.2, -0.15) is 39.5 Å². The quantitative estimate of drug-likeness (QED) is 0.455. The van der Waals surface area contributed by atoms with Crippen LogP contribution in [0.3, 0.4) is 0 Å². The summed E-state index contributed by atoms with van der Waals surface area (Å²) >= 11 is 0. The van der Waals surface area contributed by atoms with Gasteiger partial charge in [-0.25, -0.2) is 22.0 Å². The maximum atomic E-state index is 14.0. The van der Waals surface area contributed by atoms with Gasteiger partial charge < -0.3 is 4.74 Å². The third-order valence-corrected chi connectivity index (χ3v) is 4.31. The number of nitrogens with zero attached hydrogens (tertiary/aromatic N) is 1. The lowest BCUT2D eigenvalue weighted by Crippen LogP contribution is -2.60. The molecule has 16 heteroatoms. The lowest BCUT2D eigenvalue weighted by atomic mass is 9.94. The van der Waals surface area contributed by atoms with Crippen molar-refractivity contribution in [3.8, 4) is 0 Å². The first-order valence-corrected chi connectivity index (χ1v) is 8.11. The van der Waals surface area contributed by atoms with E-state index < -0.39 is 87.7 Å². The van der Waals surface area contributed by atoms with Crippen LogP contribution in [0, 0.1) is 5.92 Å². The predicted octanol–water partition coefficient (Wildman–Crippen LogP) is 5.38. The highest BCUT2D eigenvalue weighted by molar-refractivity contribution is 4.94. The van der Waals surface area contributed by atoms with Gasteiger partial charge >= 0.3 is 24.5 Å². The fourth-order valence-corrected chi connectivity index (χ4v) is 2.91. The molecule has 0 aliphatic carbocycles. The normalized spacial score (nSPS) is 21.0. The third-order valence-electron chi connectivity index (χ3n) is 4.31. The highest BCUT2D eigenvalue weighted by Gasteiger charge is 2.61. The number of likely N-dealkylation sites (tertiary alicyclic amines) is 1. The first-order valence-electron chi connectivity index (χ1n) is 8.11. The molecule has 0 radical (unpaired) electrons. The van der Waals surface area contributed by atoms with Crippen LogP contribution in [-0.2, 0) is 4.74 Å². The van der Waals surface area contributed by atoms with E-state index in [1.807, 2.05) is 0 Å². The smallest absolute Gasteiger partial charge is 0.369 e. The average Bonchev–Trinajstić information content (AvgIpc) is 2.50. The second kappa shape index (κ2) is 8.82. The Morgan fingerprint density at radius 3 is 1.50 bits per heavy atom. The molecule has 1 saturated heterocycles. The number of hydrogen-bond donors (Lipinski definition) is 0. The molecule has 0 spiro atoms. The van der Waals surface area contributed by atoms with E-state index in [0.717, 1.165) is 0 Å². The zero-order valence-electron chi connectivity index (χ0n) is 14.6. The summed E-state index contributed by atoms with van der Waals surface area (Å²) < 4.78 is 183. The molecule has 1 fully saturated rings. The molecular formula is C14H15F14NO. The van der Waals surface area contributed by atoms with Gasteiger partial charge in [-0.3, -0.25) is 4.90 Å². The largest absolute Gasteiger partial charge is 0.425 e. The van der Waals surface area contributed by atoms with E-state index in [2.05, 4.69) is 4.74 Å². The molecule has 2 unspecified atom stereocenters. The number of piperidine rings is 1. The molecule has 1 heterocycles. The van der Waals surface area contributed by atoms with Gasteiger partial charge in [-0.1, -0.05) is 0 Å². The van der Waals surface area contributed by atoms with Crippen molar-refractivity contribution in [3.63, 3.8) is 0 Å². The van der Waals surface area contributed by atoms with E-state index in [-0.39, 0.29) is 4.90 Å². The molecule has 0 N–H and O–H groups in total. The second-order valence-electron chi connectivity index (χ2n) is 6.72. The minimum atomic E-state index is -6.08. The van der Waals surface area contributed by atoms with Gasteiger partial charge in [0.15, 0.2) is 6.04 Å². The van der Waals surface area contributed by atoms with Crippen LogP contribution >= 0.6 is 0 Å². The molecule has 1 aliphatic rings. The Bertz CT molecular complexity index is 546. The fraction of sp³-hybridized carbons (Fsp3) is 1.00. The second-order valence-corrected chi connectivity index (χ2v) is 6.72. The summed E-state index contributed by atoms with van der Waals surface area (Å²) in [6.45, 7) is -7.16. The van der Waals surface area contributed by atoms with Crippen molar-refractivity contribution in [2.24, 2.45) is 5.92 Å². The minimum Gasteiger partial charge on any atom is -0.369 e. The average molecular weight is 479 g/mol. The first-order chi connectivity index (χ1) is 13.2. The van der Waals surface area contributed by atoms with E-state index in [4.69, 9.17) is 0 Å². The Kier molecular flexibility index (Phi) is 7.93. The van der Waals surface area contributed by atoms with Gasteiger partial charge in [0, 0.05) is 0 Å². The Balaban J connectivity index is 2.84. The van der Waals surface area contributed by atoms with Crippen molar-refractivity contribution < 1.29 is 66.2 Å². The SMILES string of the molecule is FC(C(F)(F)F)C(F)(F)COCC(F)(F)C(N1CCC(C(F)(F)F)CC1)C(F)(F)F. The van der Waals surface area contributed by atoms with E-state index in [9.17, 15) is 61.5 Å². The molecule has 0 aromatic heterocycles. The molecular weight excluding hydrogens is 464 g/mol. The molecule has 30 heavy (non-hydrogen) atoms. The molecule has 1 rings (SSSR count). The Morgan fingerprint density at radius 2 is 1.13 bits per heavy atom. The number of hydrogen-bond acceptors (Lipinski definition) is 2. The molecule has 2 atom stereocenters. The van der Waals surface area contributed by atoms with Crippen LogP contribution in [0.1, 0.15) is 12.8 Å². The molecule has 0 saturated carbocycles. The Morgan fingerprint density at radius 1 is 0.700 bits per heavy atom. The number of ether oxygens (including phenoxy) is 1. The van der Waals surface area contributed by atoms with Gasteiger partial charge in [0.05, 0.1) is 5.92 Å². The summed E-state index contributed by atoms with van der Waals surface area (Å²) in [5.74, 6) is -12.4. The van der Waals surface area contributed by atoms with E-state index >= 15 is 0 Å². The highest BCUT2D eigenvalue weighted by atomic mass is 19.4. The van der Waals surface area contributed by atoms with Crippen LogP contribution < -0.4 is 0 Å². The molecule has 180 valence electrons. The van der Waals surface area contributed by atoms with Crippen molar-refractivity contribution >= 4 is 0 Å². The molecule has 0 amide bonds. The van der Waals surface area contributed by atoms with E-state index in [0.29, 0.717) is 0 Å². The van der Waals surface area contributed by atoms with Gasteiger partial charge in [-0.15, -0.1) is 0 Å². The zero-order valence-corrected chi connectivity index (χ0v) is 14.6. The van der Waals surface area contributed by atoms with Crippen LogP contribution in [0.2, 0.25) is 0 Å². The zero-order chi connectivity index (χ0) is 23.8. The van der Waals surface area contributed by atoms with Crippen LogP contribution in [-0.4, -0.2) is 73.8 Å². The van der Waals surface area contributed by atoms with E-state index in [1.165, 1.54) is 0 Å². The number of rotatable bonds is 7. The van der Waals surface area contributed by atoms with Crippen LogP contribution in [0.25, 0.3) is 0 Å². The topological polar surface area (TPSA) is 12.5 Å². The van der Waals surface area contributed by atoms with Crippen molar-refractivity contribution in [2.75, 3.05) is 26.3 Å². The summed E-state index contributed by atoms with van der Waals surface area (Å²) in [5, 5.41) is 0. The van der Waals surface area contributed by atoms with Crippen molar-refractivity contribution in [3.05, 3.63) is 0 Å².